The average molecular weight is 275 g/mol. The Morgan fingerprint density at radius 3 is 2.71 bits per heavy atom. The monoisotopic (exact) mass is 275 g/mol. The number of alkyl halides is 3. The molecule has 1 heterocycles. The summed E-state index contributed by atoms with van der Waals surface area (Å²) >= 11 is 0. The predicted molar refractivity (Wildman–Crippen MR) is 48.2 cm³/mol. The van der Waals surface area contributed by atoms with Gasteiger partial charge in [-0.2, -0.15) is 21.6 Å². The van der Waals surface area contributed by atoms with Crippen LogP contribution in [0.2, 0.25) is 0 Å². The van der Waals surface area contributed by atoms with E-state index in [1.807, 2.05) is 0 Å². The smallest absolute Gasteiger partial charge is 0.375 e. The van der Waals surface area contributed by atoms with E-state index in [4.69, 9.17) is 10.3 Å². The van der Waals surface area contributed by atoms with Crippen molar-refractivity contribution < 1.29 is 30.5 Å². The van der Waals surface area contributed by atoms with Crippen molar-refractivity contribution in [2.75, 3.05) is 13.2 Å². The number of hydrogen-bond acceptors (Lipinski definition) is 5. The Morgan fingerprint density at radius 1 is 1.53 bits per heavy atom. The van der Waals surface area contributed by atoms with E-state index in [-0.39, 0.29) is 19.6 Å². The zero-order valence-corrected chi connectivity index (χ0v) is 9.11. The van der Waals surface area contributed by atoms with Crippen LogP contribution in [0.15, 0.2) is 5.11 Å². The maximum Gasteiger partial charge on any atom is 0.523 e. The van der Waals surface area contributed by atoms with Crippen molar-refractivity contribution >= 4 is 10.1 Å². The zero-order valence-electron chi connectivity index (χ0n) is 8.29. The summed E-state index contributed by atoms with van der Waals surface area (Å²) in [4.78, 5) is 2.44. The van der Waals surface area contributed by atoms with Gasteiger partial charge in [-0.1, -0.05) is 5.11 Å². The Bertz CT molecular complexity index is 417. The van der Waals surface area contributed by atoms with Crippen molar-refractivity contribution in [1.82, 2.24) is 0 Å². The quantitative estimate of drug-likeness (QED) is 0.254. The molecule has 0 bridgehead atoms. The first-order chi connectivity index (χ1) is 7.76. The molecule has 17 heavy (non-hydrogen) atoms. The zero-order chi connectivity index (χ0) is 13.1. The maximum absolute atomic E-state index is 12.0. The molecule has 0 unspecified atom stereocenters. The SMILES string of the molecule is [N-]=[N+]=NC[C@@H]1C[C@H](OS(=O)(=O)C(F)(F)F)CO1. The summed E-state index contributed by atoms with van der Waals surface area (Å²) < 4.78 is 66.1. The molecule has 0 saturated carbocycles. The van der Waals surface area contributed by atoms with Gasteiger partial charge in [0.15, 0.2) is 0 Å². The summed E-state index contributed by atoms with van der Waals surface area (Å²) in [6.07, 6.45) is -1.91. The van der Waals surface area contributed by atoms with Gasteiger partial charge in [-0.25, -0.2) is 0 Å². The molecule has 0 aromatic rings. The molecule has 0 amide bonds. The lowest BCUT2D eigenvalue weighted by molar-refractivity contribution is -0.0574. The van der Waals surface area contributed by atoms with Gasteiger partial charge in [0.1, 0.15) is 6.10 Å². The minimum absolute atomic E-state index is 0.0751. The lowest BCUT2D eigenvalue weighted by Crippen LogP contribution is -2.30. The van der Waals surface area contributed by atoms with Crippen molar-refractivity contribution in [2.45, 2.75) is 24.1 Å². The van der Waals surface area contributed by atoms with E-state index in [1.165, 1.54) is 0 Å². The molecule has 0 spiro atoms. The highest BCUT2D eigenvalue weighted by Crippen LogP contribution is 2.28. The van der Waals surface area contributed by atoms with Crippen molar-refractivity contribution in [1.29, 1.82) is 0 Å². The summed E-state index contributed by atoms with van der Waals surface area (Å²) in [6.45, 7) is -0.372. The fourth-order valence-corrected chi connectivity index (χ4v) is 1.83. The third kappa shape index (κ3) is 3.73. The normalized spacial score (nSPS) is 25.6. The van der Waals surface area contributed by atoms with E-state index in [9.17, 15) is 21.6 Å². The van der Waals surface area contributed by atoms with Gasteiger partial charge in [-0.3, -0.25) is 4.18 Å². The molecule has 1 saturated heterocycles. The van der Waals surface area contributed by atoms with Crippen LogP contribution in [-0.2, 0) is 19.0 Å². The lowest BCUT2D eigenvalue weighted by Gasteiger charge is -2.12. The molecule has 0 aliphatic carbocycles. The molecule has 0 aromatic heterocycles. The largest absolute Gasteiger partial charge is 0.523 e. The molecular formula is C6H8F3N3O4S. The van der Waals surface area contributed by atoms with Crippen LogP contribution in [0.25, 0.3) is 10.4 Å². The third-order valence-corrected chi connectivity index (χ3v) is 3.03. The molecule has 2 atom stereocenters. The second-order valence-electron chi connectivity index (χ2n) is 3.22. The van der Waals surface area contributed by atoms with Crippen LogP contribution in [-0.4, -0.2) is 39.3 Å². The topological polar surface area (TPSA) is 101 Å². The van der Waals surface area contributed by atoms with E-state index in [2.05, 4.69) is 14.2 Å². The van der Waals surface area contributed by atoms with Crippen molar-refractivity contribution in [3.8, 4) is 0 Å². The molecule has 1 rings (SSSR count). The van der Waals surface area contributed by atoms with E-state index >= 15 is 0 Å². The van der Waals surface area contributed by atoms with Crippen molar-refractivity contribution in [3.63, 3.8) is 0 Å². The second-order valence-corrected chi connectivity index (χ2v) is 4.79. The highest BCUT2D eigenvalue weighted by atomic mass is 32.2. The van der Waals surface area contributed by atoms with Crippen molar-refractivity contribution in [2.24, 2.45) is 5.11 Å². The van der Waals surface area contributed by atoms with Gasteiger partial charge in [0.2, 0.25) is 0 Å². The van der Waals surface area contributed by atoms with Crippen LogP contribution >= 0.6 is 0 Å². The predicted octanol–water partition coefficient (Wildman–Crippen LogP) is 1.32. The van der Waals surface area contributed by atoms with Gasteiger partial charge in [-0.15, -0.1) is 0 Å². The van der Waals surface area contributed by atoms with E-state index < -0.39 is 27.8 Å². The first kappa shape index (κ1) is 14.0. The molecule has 0 radical (unpaired) electrons. The molecule has 11 heteroatoms. The molecule has 1 aliphatic heterocycles. The van der Waals surface area contributed by atoms with Crippen LogP contribution < -0.4 is 0 Å². The maximum atomic E-state index is 12.0. The van der Waals surface area contributed by atoms with E-state index in [1.54, 1.807) is 0 Å². The molecule has 98 valence electrons. The standard InChI is InChI=1S/C6H8F3N3O4S/c7-6(8,9)17(13,14)16-5-1-4(15-3-5)2-11-12-10/h4-5H,1-3H2/t4-,5-/m0/s1. The Hall–Kier alpha value is -1.03. The van der Waals surface area contributed by atoms with Gasteiger partial charge in [0, 0.05) is 11.3 Å². The number of nitrogens with zero attached hydrogens (tertiary/aromatic N) is 3. The fourth-order valence-electron chi connectivity index (χ4n) is 1.23. The number of ether oxygens (including phenoxy) is 1. The summed E-state index contributed by atoms with van der Waals surface area (Å²) in [5, 5.41) is 3.16. The van der Waals surface area contributed by atoms with E-state index in [0.717, 1.165) is 0 Å². The highest BCUT2D eigenvalue weighted by molar-refractivity contribution is 7.87. The molecule has 0 aromatic carbocycles. The summed E-state index contributed by atoms with van der Waals surface area (Å²) in [7, 11) is -5.61. The number of rotatable bonds is 4. The number of hydrogen-bond donors (Lipinski definition) is 0. The van der Waals surface area contributed by atoms with Crippen LogP contribution in [0, 0.1) is 0 Å². The Balaban J connectivity index is 2.54. The van der Waals surface area contributed by atoms with Gasteiger partial charge < -0.3 is 4.74 Å². The van der Waals surface area contributed by atoms with Crippen molar-refractivity contribution in [3.05, 3.63) is 10.4 Å². The van der Waals surface area contributed by atoms with Gasteiger partial charge in [0.25, 0.3) is 0 Å². The molecular weight excluding hydrogens is 267 g/mol. The van der Waals surface area contributed by atoms with Crippen LogP contribution in [0.1, 0.15) is 6.42 Å². The first-order valence-corrected chi connectivity index (χ1v) is 5.79. The molecule has 0 N–H and O–H groups in total. The van der Waals surface area contributed by atoms with Crippen LogP contribution in [0.4, 0.5) is 13.2 Å². The van der Waals surface area contributed by atoms with Crippen LogP contribution in [0.5, 0.6) is 0 Å². The third-order valence-electron chi connectivity index (χ3n) is 1.94. The fraction of sp³-hybridized carbons (Fsp3) is 1.00. The van der Waals surface area contributed by atoms with Gasteiger partial charge >= 0.3 is 15.6 Å². The molecule has 1 fully saturated rings. The van der Waals surface area contributed by atoms with Gasteiger partial charge in [-0.05, 0) is 5.53 Å². The second kappa shape index (κ2) is 5.08. The summed E-state index contributed by atoms with van der Waals surface area (Å²) in [5.74, 6) is 0. The Labute approximate surface area is 94.2 Å². The Kier molecular flexibility index (Phi) is 4.20. The van der Waals surface area contributed by atoms with E-state index in [0.29, 0.717) is 0 Å². The minimum atomic E-state index is -5.61. The molecule has 7 nitrogen and oxygen atoms in total. The summed E-state index contributed by atoms with van der Waals surface area (Å²) in [6, 6.07) is 0. The Morgan fingerprint density at radius 2 is 2.18 bits per heavy atom. The molecule has 1 aliphatic rings. The van der Waals surface area contributed by atoms with Crippen LogP contribution in [0.3, 0.4) is 0 Å². The summed E-state index contributed by atoms with van der Waals surface area (Å²) in [5.41, 5.74) is 2.56. The first-order valence-electron chi connectivity index (χ1n) is 4.38. The minimum Gasteiger partial charge on any atom is -0.375 e. The lowest BCUT2D eigenvalue weighted by atomic mass is 10.2. The highest BCUT2D eigenvalue weighted by Gasteiger charge is 2.49. The van der Waals surface area contributed by atoms with Gasteiger partial charge in [0.05, 0.1) is 19.3 Å². The average Bonchev–Trinajstić information content (AvgIpc) is 2.60. The number of azide groups is 1. The number of halogens is 3.